The average molecular weight is 387 g/mol. The second kappa shape index (κ2) is 9.66. The minimum Gasteiger partial charge on any atom is -0.492 e. The van der Waals surface area contributed by atoms with Crippen LogP contribution in [0.4, 0.5) is 10.5 Å². The van der Waals surface area contributed by atoms with E-state index in [-0.39, 0.29) is 18.9 Å². The van der Waals surface area contributed by atoms with Crippen molar-refractivity contribution in [3.63, 3.8) is 0 Å². The number of carbonyl (C=O) groups excluding carboxylic acids is 1. The quantitative estimate of drug-likeness (QED) is 0.659. The molecule has 0 bridgehead atoms. The van der Waals surface area contributed by atoms with Crippen LogP contribution in [0.2, 0.25) is 0 Å². The number of amides is 1. The number of unbranched alkanes of at least 4 members (excludes halogenated alkanes) is 1. The summed E-state index contributed by atoms with van der Waals surface area (Å²) < 4.78 is 36.5. The van der Waals surface area contributed by atoms with Gasteiger partial charge < -0.3 is 14.8 Å². The van der Waals surface area contributed by atoms with Gasteiger partial charge in [0.25, 0.3) is 0 Å². The molecule has 26 heavy (non-hydrogen) atoms. The van der Waals surface area contributed by atoms with Crippen LogP contribution in [-0.4, -0.2) is 46.1 Å². The molecule has 0 radical (unpaired) electrons. The molecule has 0 saturated carbocycles. The van der Waals surface area contributed by atoms with Crippen LogP contribution in [0.3, 0.4) is 0 Å². The summed E-state index contributed by atoms with van der Waals surface area (Å²) in [6.45, 7) is 7.85. The lowest BCUT2D eigenvalue weighted by Crippen LogP contribution is -2.34. The van der Waals surface area contributed by atoms with Gasteiger partial charge in [-0.25, -0.2) is 13.2 Å². The highest BCUT2D eigenvalue weighted by molar-refractivity contribution is 7.92. The van der Waals surface area contributed by atoms with E-state index in [0.717, 1.165) is 6.42 Å². The van der Waals surface area contributed by atoms with E-state index in [1.807, 2.05) is 6.92 Å². The summed E-state index contributed by atoms with van der Waals surface area (Å²) in [7, 11) is -1.81. The number of rotatable bonds is 9. The van der Waals surface area contributed by atoms with Gasteiger partial charge >= 0.3 is 6.09 Å². The monoisotopic (exact) mass is 386 g/mol. The lowest BCUT2D eigenvalue weighted by atomic mass is 10.2. The Morgan fingerprint density at radius 3 is 2.58 bits per heavy atom. The molecule has 1 N–H and O–H groups in total. The summed E-state index contributed by atoms with van der Waals surface area (Å²) in [6.07, 6.45) is 0.941. The molecule has 0 unspecified atom stereocenters. The number of anilines is 1. The Morgan fingerprint density at radius 2 is 1.96 bits per heavy atom. The van der Waals surface area contributed by atoms with E-state index in [2.05, 4.69) is 5.32 Å². The standard InChI is InChI=1S/C18H30N2O5S/c1-6-7-13-26(22,23)20(5)15-9-8-10-16(14-15)24-12-11-19-17(21)25-18(2,3)4/h8-10,14H,6-7,11-13H2,1-5H3,(H,19,21). The van der Waals surface area contributed by atoms with Crippen molar-refractivity contribution in [3.05, 3.63) is 24.3 Å². The maximum atomic E-state index is 12.3. The van der Waals surface area contributed by atoms with Crippen molar-refractivity contribution in [2.45, 2.75) is 46.1 Å². The molecule has 7 nitrogen and oxygen atoms in total. The van der Waals surface area contributed by atoms with Gasteiger partial charge in [0.2, 0.25) is 10.0 Å². The Hall–Kier alpha value is -1.96. The fourth-order valence-corrected chi connectivity index (χ4v) is 3.39. The molecule has 1 aromatic rings. The van der Waals surface area contributed by atoms with Crippen molar-refractivity contribution in [1.29, 1.82) is 0 Å². The smallest absolute Gasteiger partial charge is 0.407 e. The SMILES string of the molecule is CCCCS(=O)(=O)N(C)c1cccc(OCCNC(=O)OC(C)(C)C)c1. The largest absolute Gasteiger partial charge is 0.492 e. The summed E-state index contributed by atoms with van der Waals surface area (Å²) in [5.74, 6) is 0.649. The van der Waals surface area contributed by atoms with Crippen molar-refractivity contribution in [3.8, 4) is 5.75 Å². The minimum absolute atomic E-state index is 0.116. The van der Waals surface area contributed by atoms with Crippen molar-refractivity contribution in [1.82, 2.24) is 5.32 Å². The lowest BCUT2D eigenvalue weighted by Gasteiger charge is -2.20. The van der Waals surface area contributed by atoms with Gasteiger partial charge in [0.15, 0.2) is 0 Å². The Balaban J connectivity index is 2.56. The molecule has 0 aliphatic heterocycles. The summed E-state index contributed by atoms with van der Waals surface area (Å²) in [5, 5.41) is 2.60. The van der Waals surface area contributed by atoms with E-state index in [4.69, 9.17) is 9.47 Å². The van der Waals surface area contributed by atoms with E-state index in [1.165, 1.54) is 11.4 Å². The molecule has 1 rings (SSSR count). The van der Waals surface area contributed by atoms with Crippen LogP contribution in [0.25, 0.3) is 0 Å². The van der Waals surface area contributed by atoms with Gasteiger partial charge in [-0.3, -0.25) is 4.31 Å². The number of sulfonamides is 1. The maximum Gasteiger partial charge on any atom is 0.407 e. The zero-order valence-electron chi connectivity index (χ0n) is 16.2. The third kappa shape index (κ3) is 7.95. The highest BCUT2D eigenvalue weighted by atomic mass is 32.2. The van der Waals surface area contributed by atoms with Crippen molar-refractivity contribution in [2.75, 3.05) is 30.3 Å². The van der Waals surface area contributed by atoms with Gasteiger partial charge in [-0.15, -0.1) is 0 Å². The summed E-state index contributed by atoms with van der Waals surface area (Å²) in [6, 6.07) is 6.85. The van der Waals surface area contributed by atoms with E-state index in [1.54, 1.807) is 45.0 Å². The number of nitrogens with one attached hydrogen (secondary N) is 1. The number of ether oxygens (including phenoxy) is 2. The molecule has 148 valence electrons. The molecule has 0 spiro atoms. The summed E-state index contributed by atoms with van der Waals surface area (Å²) >= 11 is 0. The molecule has 0 fully saturated rings. The van der Waals surface area contributed by atoms with Crippen LogP contribution in [-0.2, 0) is 14.8 Å². The van der Waals surface area contributed by atoms with Crippen molar-refractivity contribution < 1.29 is 22.7 Å². The second-order valence-electron chi connectivity index (χ2n) is 6.91. The van der Waals surface area contributed by atoms with E-state index < -0.39 is 21.7 Å². The predicted molar refractivity (Wildman–Crippen MR) is 103 cm³/mol. The number of carbonyl (C=O) groups is 1. The molecule has 0 aromatic heterocycles. The van der Waals surface area contributed by atoms with Crippen LogP contribution >= 0.6 is 0 Å². The van der Waals surface area contributed by atoms with Gasteiger partial charge in [-0.05, 0) is 39.3 Å². The van der Waals surface area contributed by atoms with Crippen LogP contribution in [0.1, 0.15) is 40.5 Å². The summed E-state index contributed by atoms with van der Waals surface area (Å²) in [5.41, 5.74) is -0.00802. The van der Waals surface area contributed by atoms with Gasteiger partial charge in [0, 0.05) is 13.1 Å². The van der Waals surface area contributed by atoms with E-state index in [9.17, 15) is 13.2 Å². The molecule has 8 heteroatoms. The highest BCUT2D eigenvalue weighted by Crippen LogP contribution is 2.22. The normalized spacial score (nSPS) is 11.7. The van der Waals surface area contributed by atoms with Gasteiger partial charge in [-0.2, -0.15) is 0 Å². The second-order valence-corrected chi connectivity index (χ2v) is 9.03. The molecule has 0 atom stereocenters. The fraction of sp³-hybridized carbons (Fsp3) is 0.611. The van der Waals surface area contributed by atoms with Crippen molar-refractivity contribution in [2.24, 2.45) is 0 Å². The van der Waals surface area contributed by atoms with Crippen LogP contribution in [0.5, 0.6) is 5.75 Å². The molecule has 0 saturated heterocycles. The number of benzene rings is 1. The van der Waals surface area contributed by atoms with Gasteiger partial charge in [0.05, 0.1) is 18.0 Å². The first-order chi connectivity index (χ1) is 12.0. The van der Waals surface area contributed by atoms with Gasteiger partial charge in [-0.1, -0.05) is 19.4 Å². The first-order valence-electron chi connectivity index (χ1n) is 8.71. The molecule has 0 heterocycles. The molecular formula is C18H30N2O5S. The molecule has 1 aromatic carbocycles. The highest BCUT2D eigenvalue weighted by Gasteiger charge is 2.18. The number of hydrogen-bond acceptors (Lipinski definition) is 5. The average Bonchev–Trinajstić information content (AvgIpc) is 2.55. The van der Waals surface area contributed by atoms with E-state index in [0.29, 0.717) is 17.9 Å². The first kappa shape index (κ1) is 22.1. The topological polar surface area (TPSA) is 84.9 Å². The zero-order valence-corrected chi connectivity index (χ0v) is 17.1. The summed E-state index contributed by atoms with van der Waals surface area (Å²) in [4.78, 5) is 11.5. The first-order valence-corrected chi connectivity index (χ1v) is 10.3. The van der Waals surface area contributed by atoms with E-state index >= 15 is 0 Å². The third-order valence-corrected chi connectivity index (χ3v) is 5.24. The van der Waals surface area contributed by atoms with Gasteiger partial charge in [0.1, 0.15) is 18.0 Å². The van der Waals surface area contributed by atoms with Crippen LogP contribution < -0.4 is 14.4 Å². The number of nitrogens with zero attached hydrogens (tertiary/aromatic N) is 1. The zero-order chi connectivity index (χ0) is 19.8. The molecule has 0 aliphatic carbocycles. The predicted octanol–water partition coefficient (Wildman–Crippen LogP) is 3.16. The minimum atomic E-state index is -3.34. The Kier molecular flexibility index (Phi) is 8.20. The van der Waals surface area contributed by atoms with Crippen LogP contribution in [0, 0.1) is 0 Å². The third-order valence-electron chi connectivity index (χ3n) is 3.39. The number of alkyl carbamates (subject to hydrolysis) is 1. The molecular weight excluding hydrogens is 356 g/mol. The Morgan fingerprint density at radius 1 is 1.27 bits per heavy atom. The number of hydrogen-bond donors (Lipinski definition) is 1. The molecule has 0 aliphatic rings. The van der Waals surface area contributed by atoms with Crippen LogP contribution in [0.15, 0.2) is 24.3 Å². The Bertz CT molecular complexity index is 683. The fourth-order valence-electron chi connectivity index (χ4n) is 2.03. The van der Waals surface area contributed by atoms with Crippen molar-refractivity contribution >= 4 is 21.8 Å². The maximum absolute atomic E-state index is 12.3. The molecule has 1 amide bonds. The Labute approximate surface area is 156 Å². The lowest BCUT2D eigenvalue weighted by molar-refractivity contribution is 0.0520.